The van der Waals surface area contributed by atoms with E-state index in [1.54, 1.807) is 36.4 Å². The maximum absolute atomic E-state index is 14.4. The Labute approximate surface area is 191 Å². The molecule has 172 valence electrons. The smallest absolute Gasteiger partial charge is 0.258 e. The molecule has 2 aromatic carbocycles. The van der Waals surface area contributed by atoms with E-state index in [4.69, 9.17) is 20.9 Å². The maximum Gasteiger partial charge on any atom is 0.258 e. The van der Waals surface area contributed by atoms with Gasteiger partial charge < -0.3 is 26.3 Å². The Morgan fingerprint density at radius 2 is 1.85 bits per heavy atom. The molecule has 1 amide bonds. The summed E-state index contributed by atoms with van der Waals surface area (Å²) in [7, 11) is 0. The van der Waals surface area contributed by atoms with E-state index in [9.17, 15) is 9.18 Å². The molecule has 3 aromatic rings. The Kier molecular flexibility index (Phi) is 7.01. The summed E-state index contributed by atoms with van der Waals surface area (Å²) >= 11 is 0. The summed E-state index contributed by atoms with van der Waals surface area (Å²) in [5, 5.41) is 2.71. The molecule has 2 heterocycles. The van der Waals surface area contributed by atoms with Crippen molar-refractivity contribution in [2.75, 3.05) is 56.2 Å². The summed E-state index contributed by atoms with van der Waals surface area (Å²) in [6.45, 7) is 4.71. The minimum absolute atomic E-state index is 0.101. The standard InChI is InChI=1S/C24H26FN5O3/c25-20-6-1-16(22-8-7-21(26)23(27)29-22)15-19(20)24(31)28-17-2-4-18(5-3-17)33-14-11-30-9-12-32-13-10-30/h1-8,15H,9-14,26H2,(H2,27,29)(H,28,31). The Hall–Kier alpha value is -3.69. The Balaban J connectivity index is 1.37. The molecule has 0 bridgehead atoms. The van der Waals surface area contributed by atoms with Crippen molar-refractivity contribution in [2.45, 2.75) is 0 Å². The summed E-state index contributed by atoms with van der Waals surface area (Å²) in [4.78, 5) is 19.2. The number of nitrogen functional groups attached to an aromatic ring is 2. The Bertz CT molecular complexity index is 1120. The minimum atomic E-state index is -0.636. The molecular formula is C24H26FN5O3. The number of carbonyl (C=O) groups excluding carboxylic acids is 1. The quantitative estimate of drug-likeness (QED) is 0.506. The third kappa shape index (κ3) is 5.76. The van der Waals surface area contributed by atoms with Crippen molar-refractivity contribution in [1.29, 1.82) is 0 Å². The molecule has 5 N–H and O–H groups in total. The number of aromatic nitrogens is 1. The number of hydrogen-bond donors (Lipinski definition) is 3. The molecule has 33 heavy (non-hydrogen) atoms. The number of carbonyl (C=O) groups is 1. The lowest BCUT2D eigenvalue weighted by Gasteiger charge is -2.26. The molecule has 4 rings (SSSR count). The number of nitrogens with zero attached hydrogens (tertiary/aromatic N) is 2. The average molecular weight is 452 g/mol. The first-order valence-corrected chi connectivity index (χ1v) is 10.7. The molecule has 0 atom stereocenters. The highest BCUT2D eigenvalue weighted by molar-refractivity contribution is 6.05. The first-order valence-electron chi connectivity index (χ1n) is 10.7. The van der Waals surface area contributed by atoms with E-state index in [0.29, 0.717) is 35.0 Å². The molecule has 1 aromatic heterocycles. The van der Waals surface area contributed by atoms with Crippen LogP contribution in [0.1, 0.15) is 10.4 Å². The van der Waals surface area contributed by atoms with Gasteiger partial charge in [0.2, 0.25) is 0 Å². The van der Waals surface area contributed by atoms with Gasteiger partial charge in [-0.3, -0.25) is 9.69 Å². The summed E-state index contributed by atoms with van der Waals surface area (Å²) in [6.07, 6.45) is 0. The average Bonchev–Trinajstić information content (AvgIpc) is 2.83. The molecule has 1 aliphatic heterocycles. The van der Waals surface area contributed by atoms with Crippen molar-refractivity contribution in [2.24, 2.45) is 0 Å². The summed E-state index contributed by atoms with van der Waals surface area (Å²) < 4.78 is 25.5. The largest absolute Gasteiger partial charge is 0.492 e. The number of amides is 1. The zero-order valence-electron chi connectivity index (χ0n) is 18.1. The van der Waals surface area contributed by atoms with Crippen molar-refractivity contribution in [3.05, 3.63) is 66.0 Å². The predicted octanol–water partition coefficient (Wildman–Crippen LogP) is 3.02. The lowest BCUT2D eigenvalue weighted by Crippen LogP contribution is -2.38. The van der Waals surface area contributed by atoms with E-state index < -0.39 is 11.7 Å². The number of morpholine rings is 1. The van der Waals surface area contributed by atoms with Crippen LogP contribution in [0.4, 0.5) is 21.6 Å². The van der Waals surface area contributed by atoms with Gasteiger partial charge in [0.15, 0.2) is 0 Å². The highest BCUT2D eigenvalue weighted by Gasteiger charge is 2.15. The number of hydrogen-bond acceptors (Lipinski definition) is 7. The second-order valence-corrected chi connectivity index (χ2v) is 7.65. The normalized spacial score (nSPS) is 14.1. The molecule has 0 spiro atoms. The molecule has 1 fully saturated rings. The summed E-state index contributed by atoms with van der Waals surface area (Å²) in [5.74, 6) is -0.335. The summed E-state index contributed by atoms with van der Waals surface area (Å²) in [5.41, 5.74) is 13.3. The van der Waals surface area contributed by atoms with Gasteiger partial charge in [0.05, 0.1) is 30.2 Å². The second-order valence-electron chi connectivity index (χ2n) is 7.65. The highest BCUT2D eigenvalue weighted by Crippen LogP contribution is 2.24. The van der Waals surface area contributed by atoms with Crippen molar-refractivity contribution in [3.8, 4) is 17.0 Å². The van der Waals surface area contributed by atoms with Crippen molar-refractivity contribution >= 4 is 23.1 Å². The van der Waals surface area contributed by atoms with Crippen LogP contribution >= 0.6 is 0 Å². The number of ether oxygens (including phenoxy) is 2. The van der Waals surface area contributed by atoms with Gasteiger partial charge in [-0.2, -0.15) is 0 Å². The van der Waals surface area contributed by atoms with Gasteiger partial charge in [-0.05, 0) is 54.6 Å². The van der Waals surface area contributed by atoms with E-state index in [1.165, 1.54) is 18.2 Å². The van der Waals surface area contributed by atoms with Gasteiger partial charge in [-0.1, -0.05) is 0 Å². The SMILES string of the molecule is Nc1ccc(-c2ccc(F)c(C(=O)Nc3ccc(OCCN4CCOCC4)cc3)c2)nc1N. The van der Waals surface area contributed by atoms with Crippen LogP contribution in [0.2, 0.25) is 0 Å². The van der Waals surface area contributed by atoms with E-state index in [1.807, 2.05) is 0 Å². The van der Waals surface area contributed by atoms with Crippen molar-refractivity contribution in [1.82, 2.24) is 9.88 Å². The fraction of sp³-hybridized carbons (Fsp3) is 0.250. The van der Waals surface area contributed by atoms with Crippen LogP contribution in [-0.2, 0) is 4.74 Å². The molecule has 1 saturated heterocycles. The fourth-order valence-electron chi connectivity index (χ4n) is 3.46. The van der Waals surface area contributed by atoms with Crippen LogP contribution in [0.5, 0.6) is 5.75 Å². The lowest BCUT2D eigenvalue weighted by atomic mass is 10.1. The van der Waals surface area contributed by atoms with Gasteiger partial charge in [0, 0.05) is 30.9 Å². The highest BCUT2D eigenvalue weighted by atomic mass is 19.1. The predicted molar refractivity (Wildman–Crippen MR) is 126 cm³/mol. The van der Waals surface area contributed by atoms with E-state index >= 15 is 0 Å². The van der Waals surface area contributed by atoms with Gasteiger partial charge in [-0.15, -0.1) is 0 Å². The molecular weight excluding hydrogens is 425 g/mol. The third-order valence-electron chi connectivity index (χ3n) is 5.36. The number of nitrogens with two attached hydrogens (primary N) is 2. The van der Waals surface area contributed by atoms with E-state index in [0.717, 1.165) is 32.8 Å². The number of benzene rings is 2. The van der Waals surface area contributed by atoms with Gasteiger partial charge in [0.1, 0.15) is 24.0 Å². The maximum atomic E-state index is 14.4. The topological polar surface area (TPSA) is 116 Å². The van der Waals surface area contributed by atoms with Crippen molar-refractivity contribution in [3.63, 3.8) is 0 Å². The number of nitrogens with one attached hydrogen (secondary N) is 1. The molecule has 0 aliphatic carbocycles. The lowest BCUT2D eigenvalue weighted by molar-refractivity contribution is 0.0322. The molecule has 1 aliphatic rings. The molecule has 8 nitrogen and oxygen atoms in total. The van der Waals surface area contributed by atoms with E-state index in [-0.39, 0.29) is 11.4 Å². The Morgan fingerprint density at radius 1 is 1.09 bits per heavy atom. The van der Waals surface area contributed by atoms with Crippen LogP contribution < -0.4 is 21.5 Å². The molecule has 0 unspecified atom stereocenters. The minimum Gasteiger partial charge on any atom is -0.492 e. The van der Waals surface area contributed by atoms with E-state index in [2.05, 4.69) is 15.2 Å². The van der Waals surface area contributed by atoms with Gasteiger partial charge >= 0.3 is 0 Å². The fourth-order valence-corrected chi connectivity index (χ4v) is 3.46. The van der Waals surface area contributed by atoms with Crippen molar-refractivity contribution < 1.29 is 18.7 Å². The number of pyridine rings is 1. The second kappa shape index (κ2) is 10.3. The number of halogens is 1. The molecule has 9 heteroatoms. The molecule has 0 saturated carbocycles. The summed E-state index contributed by atoms with van der Waals surface area (Å²) in [6, 6.07) is 14.4. The third-order valence-corrected chi connectivity index (χ3v) is 5.36. The van der Waals surface area contributed by atoms with Gasteiger partial charge in [-0.25, -0.2) is 9.37 Å². The van der Waals surface area contributed by atoms with Gasteiger partial charge in [0.25, 0.3) is 5.91 Å². The zero-order chi connectivity index (χ0) is 23.2. The van der Waals surface area contributed by atoms with Crippen LogP contribution in [0, 0.1) is 5.82 Å². The van der Waals surface area contributed by atoms with Crippen LogP contribution in [-0.4, -0.2) is 55.2 Å². The zero-order valence-corrected chi connectivity index (χ0v) is 18.1. The molecule has 0 radical (unpaired) electrons. The number of anilines is 3. The van der Waals surface area contributed by atoms with Crippen LogP contribution in [0.15, 0.2) is 54.6 Å². The van der Waals surface area contributed by atoms with Crippen LogP contribution in [0.25, 0.3) is 11.3 Å². The first kappa shape index (κ1) is 22.5. The monoisotopic (exact) mass is 451 g/mol. The Morgan fingerprint density at radius 3 is 2.58 bits per heavy atom. The number of rotatable bonds is 7. The first-order chi connectivity index (χ1) is 16.0. The van der Waals surface area contributed by atoms with Crippen LogP contribution in [0.3, 0.4) is 0 Å².